The number of hydrogen-bond acceptors (Lipinski definition) is 3. The molecule has 0 amide bonds. The van der Waals surface area contributed by atoms with E-state index in [1.165, 1.54) is 25.3 Å². The predicted octanol–water partition coefficient (Wildman–Crippen LogP) is 3.43. The summed E-state index contributed by atoms with van der Waals surface area (Å²) in [6.07, 6.45) is -4.12. The molecule has 1 aromatic rings. The maximum absolute atomic E-state index is 12.1. The third-order valence-corrected chi connectivity index (χ3v) is 2.27. The van der Waals surface area contributed by atoms with Crippen LogP contribution in [0.2, 0.25) is 0 Å². The van der Waals surface area contributed by atoms with Gasteiger partial charge in [-0.3, -0.25) is 0 Å². The highest BCUT2D eigenvalue weighted by Gasteiger charge is 2.31. The van der Waals surface area contributed by atoms with Crippen LogP contribution >= 0.6 is 12.4 Å². The second-order valence-corrected chi connectivity index (χ2v) is 3.47. The first-order valence-corrected chi connectivity index (χ1v) is 5.06. The van der Waals surface area contributed by atoms with Crippen LogP contribution < -0.4 is 15.2 Å². The van der Waals surface area contributed by atoms with Gasteiger partial charge in [-0.25, -0.2) is 0 Å². The molecule has 18 heavy (non-hydrogen) atoms. The molecule has 0 radical (unpaired) electrons. The zero-order valence-corrected chi connectivity index (χ0v) is 10.8. The highest BCUT2D eigenvalue weighted by Crippen LogP contribution is 2.32. The summed E-state index contributed by atoms with van der Waals surface area (Å²) in [7, 11) is 1.44. The minimum atomic E-state index is -4.71. The van der Waals surface area contributed by atoms with Gasteiger partial charge < -0.3 is 15.2 Å². The van der Waals surface area contributed by atoms with E-state index in [2.05, 4.69) is 4.74 Å². The molecular formula is C11H15ClF3NO2. The van der Waals surface area contributed by atoms with Gasteiger partial charge in [0.25, 0.3) is 0 Å². The molecular weight excluding hydrogens is 271 g/mol. The number of halogens is 4. The molecule has 1 atom stereocenters. The minimum Gasteiger partial charge on any atom is -0.496 e. The predicted molar refractivity (Wildman–Crippen MR) is 64.1 cm³/mol. The summed E-state index contributed by atoms with van der Waals surface area (Å²) in [5.74, 6) is 0.158. The van der Waals surface area contributed by atoms with E-state index < -0.39 is 6.36 Å². The van der Waals surface area contributed by atoms with Crippen molar-refractivity contribution in [1.29, 1.82) is 0 Å². The molecule has 3 nitrogen and oxygen atoms in total. The molecule has 0 bridgehead atoms. The molecule has 0 saturated heterocycles. The van der Waals surface area contributed by atoms with Crippen LogP contribution in [0.1, 0.15) is 24.9 Å². The summed E-state index contributed by atoms with van der Waals surface area (Å²) in [5.41, 5.74) is 6.28. The zero-order chi connectivity index (χ0) is 13.1. The number of benzene rings is 1. The van der Waals surface area contributed by atoms with Gasteiger partial charge in [0.1, 0.15) is 11.5 Å². The third kappa shape index (κ3) is 4.62. The first-order chi connectivity index (χ1) is 7.87. The average molecular weight is 286 g/mol. The molecule has 104 valence electrons. The lowest BCUT2D eigenvalue weighted by Crippen LogP contribution is -2.18. The van der Waals surface area contributed by atoms with Crippen molar-refractivity contribution in [3.63, 3.8) is 0 Å². The maximum atomic E-state index is 12.1. The maximum Gasteiger partial charge on any atom is 0.573 e. The highest BCUT2D eigenvalue weighted by atomic mass is 35.5. The normalized spacial score (nSPS) is 12.6. The van der Waals surface area contributed by atoms with E-state index >= 15 is 0 Å². The lowest BCUT2D eigenvalue weighted by molar-refractivity contribution is -0.274. The Bertz CT molecular complexity index is 385. The van der Waals surface area contributed by atoms with Gasteiger partial charge in [0, 0.05) is 11.6 Å². The fourth-order valence-corrected chi connectivity index (χ4v) is 1.42. The fourth-order valence-electron chi connectivity index (χ4n) is 1.42. The average Bonchev–Trinajstić information content (AvgIpc) is 2.25. The Morgan fingerprint density at radius 3 is 2.39 bits per heavy atom. The van der Waals surface area contributed by atoms with E-state index in [1.807, 2.05) is 6.92 Å². The van der Waals surface area contributed by atoms with Crippen LogP contribution in [0.3, 0.4) is 0 Å². The summed E-state index contributed by atoms with van der Waals surface area (Å²) in [5, 5.41) is 0. The monoisotopic (exact) mass is 285 g/mol. The van der Waals surface area contributed by atoms with Gasteiger partial charge in [0.05, 0.1) is 7.11 Å². The van der Waals surface area contributed by atoms with Crippen LogP contribution in [0, 0.1) is 0 Å². The number of nitrogens with two attached hydrogens (primary N) is 1. The summed E-state index contributed by atoms with van der Waals surface area (Å²) < 4.78 is 45.0. The van der Waals surface area contributed by atoms with Crippen molar-refractivity contribution in [3.05, 3.63) is 23.8 Å². The summed E-state index contributed by atoms with van der Waals surface area (Å²) in [6.45, 7) is 1.83. The Kier molecular flexibility index (Phi) is 6.28. The molecule has 0 aliphatic rings. The van der Waals surface area contributed by atoms with Crippen molar-refractivity contribution < 1.29 is 22.6 Å². The molecule has 0 heterocycles. The smallest absolute Gasteiger partial charge is 0.496 e. The van der Waals surface area contributed by atoms with Crippen molar-refractivity contribution in [2.45, 2.75) is 25.7 Å². The van der Waals surface area contributed by atoms with Crippen molar-refractivity contribution in [2.75, 3.05) is 7.11 Å². The van der Waals surface area contributed by atoms with Crippen molar-refractivity contribution >= 4 is 12.4 Å². The molecule has 0 aliphatic heterocycles. The van der Waals surface area contributed by atoms with Crippen molar-refractivity contribution in [1.82, 2.24) is 0 Å². The van der Waals surface area contributed by atoms with Crippen molar-refractivity contribution in [3.8, 4) is 11.5 Å². The SMILES string of the molecule is CC[C@@H](N)c1cc(OC(F)(F)F)ccc1OC.Cl. The van der Waals surface area contributed by atoms with Crippen LogP contribution in [0.5, 0.6) is 11.5 Å². The van der Waals surface area contributed by atoms with Gasteiger partial charge in [-0.2, -0.15) is 0 Å². The zero-order valence-electron chi connectivity index (χ0n) is 9.95. The number of alkyl halides is 3. The van der Waals surface area contributed by atoms with Crippen LogP contribution in [0.15, 0.2) is 18.2 Å². The Balaban J connectivity index is 0.00000289. The van der Waals surface area contributed by atoms with E-state index in [4.69, 9.17) is 10.5 Å². The molecule has 0 fully saturated rings. The molecule has 0 spiro atoms. The molecule has 1 rings (SSSR count). The quantitative estimate of drug-likeness (QED) is 0.922. The van der Waals surface area contributed by atoms with Crippen molar-refractivity contribution in [2.24, 2.45) is 5.73 Å². The number of rotatable bonds is 4. The van der Waals surface area contributed by atoms with E-state index in [-0.39, 0.29) is 24.2 Å². The standard InChI is InChI=1S/C11H14F3NO2.ClH/c1-3-9(15)8-6-7(17-11(12,13)14)4-5-10(8)16-2;/h4-6,9H,3,15H2,1-2H3;1H/t9-;/m1./s1. The van der Waals surface area contributed by atoms with E-state index in [9.17, 15) is 13.2 Å². The minimum absolute atomic E-state index is 0. The lowest BCUT2D eigenvalue weighted by atomic mass is 10.0. The molecule has 0 unspecified atom stereocenters. The van der Waals surface area contributed by atoms with E-state index in [0.717, 1.165) is 0 Å². The van der Waals surface area contributed by atoms with Crippen LogP contribution in [-0.2, 0) is 0 Å². The summed E-state index contributed by atoms with van der Waals surface area (Å²) >= 11 is 0. The topological polar surface area (TPSA) is 44.5 Å². The second-order valence-electron chi connectivity index (χ2n) is 3.47. The van der Waals surface area contributed by atoms with E-state index in [0.29, 0.717) is 17.7 Å². The molecule has 7 heteroatoms. The van der Waals surface area contributed by atoms with Gasteiger partial charge in [0.2, 0.25) is 0 Å². The van der Waals surface area contributed by atoms with Gasteiger partial charge in [-0.05, 0) is 24.6 Å². The largest absolute Gasteiger partial charge is 0.573 e. The Morgan fingerprint density at radius 2 is 1.94 bits per heavy atom. The van der Waals surface area contributed by atoms with Gasteiger partial charge in [0.15, 0.2) is 0 Å². The summed E-state index contributed by atoms with van der Waals surface area (Å²) in [4.78, 5) is 0. The molecule has 0 aliphatic carbocycles. The number of hydrogen-bond donors (Lipinski definition) is 1. The molecule has 0 saturated carbocycles. The number of methoxy groups -OCH3 is 1. The lowest BCUT2D eigenvalue weighted by Gasteiger charge is -2.16. The van der Waals surface area contributed by atoms with Gasteiger partial charge in [-0.15, -0.1) is 25.6 Å². The first kappa shape index (κ1) is 16.9. The molecule has 0 aromatic heterocycles. The van der Waals surface area contributed by atoms with E-state index in [1.54, 1.807) is 0 Å². The second kappa shape index (κ2) is 6.70. The Labute approximate surface area is 109 Å². The van der Waals surface area contributed by atoms with Crippen LogP contribution in [-0.4, -0.2) is 13.5 Å². The van der Waals surface area contributed by atoms with Crippen LogP contribution in [0.25, 0.3) is 0 Å². The Hall–Kier alpha value is -1.14. The summed E-state index contributed by atoms with van der Waals surface area (Å²) in [6, 6.07) is 3.46. The highest BCUT2D eigenvalue weighted by molar-refractivity contribution is 5.85. The van der Waals surface area contributed by atoms with Gasteiger partial charge >= 0.3 is 6.36 Å². The third-order valence-electron chi connectivity index (χ3n) is 2.27. The number of ether oxygens (including phenoxy) is 2. The molecule has 2 N–H and O–H groups in total. The fraction of sp³-hybridized carbons (Fsp3) is 0.455. The van der Waals surface area contributed by atoms with Gasteiger partial charge in [-0.1, -0.05) is 6.92 Å². The molecule has 1 aromatic carbocycles. The van der Waals surface area contributed by atoms with Crippen LogP contribution in [0.4, 0.5) is 13.2 Å². The first-order valence-electron chi connectivity index (χ1n) is 5.06. The Morgan fingerprint density at radius 1 is 1.33 bits per heavy atom.